The molecule has 4 rings (SSSR count). The van der Waals surface area contributed by atoms with E-state index in [2.05, 4.69) is 0 Å². The van der Waals surface area contributed by atoms with E-state index in [9.17, 15) is 28.6 Å². The quantitative estimate of drug-likeness (QED) is 0.543. The van der Waals surface area contributed by atoms with Gasteiger partial charge in [-0.3, -0.25) is 4.79 Å². The highest BCUT2D eigenvalue weighted by molar-refractivity contribution is 6.31. The molecule has 0 spiro atoms. The molecule has 2 atom stereocenters. The summed E-state index contributed by atoms with van der Waals surface area (Å²) in [5.41, 5.74) is -0.102. The Morgan fingerprint density at radius 1 is 1.19 bits per heavy atom. The number of rotatable bonds is 8. The van der Waals surface area contributed by atoms with Crippen LogP contribution in [0, 0.1) is 17.6 Å². The highest BCUT2D eigenvalue weighted by atomic mass is 35.5. The van der Waals surface area contributed by atoms with Crippen LogP contribution in [0.2, 0.25) is 5.02 Å². The third-order valence-electron chi connectivity index (χ3n) is 7.05. The van der Waals surface area contributed by atoms with Crippen LogP contribution >= 0.6 is 11.6 Å². The lowest BCUT2D eigenvalue weighted by Crippen LogP contribution is -2.57. The molecule has 0 aromatic heterocycles. The van der Waals surface area contributed by atoms with E-state index in [0.29, 0.717) is 18.1 Å². The van der Waals surface area contributed by atoms with Gasteiger partial charge in [-0.25, -0.2) is 13.6 Å². The summed E-state index contributed by atoms with van der Waals surface area (Å²) in [6.45, 7) is 0.390. The SMILES string of the molecule is COCCc1ccc(Cl)c(CN(C(=O)[C@H]2CN(C(=O)O)CC[C@]2(O)c2ccc(F)c(F)c2)C2CC2)c1. The number of nitrogens with zero attached hydrogens (tertiary/aromatic N) is 2. The first-order valence-corrected chi connectivity index (χ1v) is 12.2. The number of piperidine rings is 1. The fourth-order valence-electron chi connectivity index (χ4n) is 4.79. The van der Waals surface area contributed by atoms with Gasteiger partial charge < -0.3 is 24.7 Å². The second kappa shape index (κ2) is 10.7. The van der Waals surface area contributed by atoms with Crippen molar-refractivity contribution in [3.63, 3.8) is 0 Å². The van der Waals surface area contributed by atoms with Crippen LogP contribution in [0.15, 0.2) is 36.4 Å². The maximum absolute atomic E-state index is 14.1. The molecule has 2 aliphatic rings. The number of methoxy groups -OCH3 is 1. The second-order valence-corrected chi connectivity index (χ2v) is 9.86. The molecule has 2 amide bonds. The highest BCUT2D eigenvalue weighted by Gasteiger charge is 2.51. The van der Waals surface area contributed by atoms with Crippen LogP contribution in [0.3, 0.4) is 0 Å². The Labute approximate surface area is 213 Å². The second-order valence-electron chi connectivity index (χ2n) is 9.45. The molecule has 1 aliphatic heterocycles. The van der Waals surface area contributed by atoms with Crippen molar-refractivity contribution in [2.24, 2.45) is 5.92 Å². The Balaban J connectivity index is 1.67. The molecule has 0 radical (unpaired) electrons. The minimum absolute atomic E-state index is 0.0418. The minimum Gasteiger partial charge on any atom is -0.465 e. The number of ether oxygens (including phenoxy) is 1. The van der Waals surface area contributed by atoms with Crippen molar-refractivity contribution < 1.29 is 33.3 Å². The predicted octanol–water partition coefficient (Wildman–Crippen LogP) is 4.19. The summed E-state index contributed by atoms with van der Waals surface area (Å²) in [5, 5.41) is 21.8. The van der Waals surface area contributed by atoms with Crippen LogP contribution in [0.4, 0.5) is 13.6 Å². The topological polar surface area (TPSA) is 90.3 Å². The lowest BCUT2D eigenvalue weighted by atomic mass is 9.75. The molecule has 2 aromatic rings. The highest BCUT2D eigenvalue weighted by Crippen LogP contribution is 2.41. The number of amides is 2. The summed E-state index contributed by atoms with van der Waals surface area (Å²) in [7, 11) is 1.61. The molecule has 1 heterocycles. The molecule has 194 valence electrons. The molecule has 0 bridgehead atoms. The average molecular weight is 523 g/mol. The van der Waals surface area contributed by atoms with Gasteiger partial charge in [0, 0.05) is 37.8 Å². The first-order valence-electron chi connectivity index (χ1n) is 11.9. The van der Waals surface area contributed by atoms with Crippen molar-refractivity contribution in [1.82, 2.24) is 9.80 Å². The smallest absolute Gasteiger partial charge is 0.407 e. The van der Waals surface area contributed by atoms with E-state index in [1.54, 1.807) is 18.1 Å². The van der Waals surface area contributed by atoms with Gasteiger partial charge in [0.2, 0.25) is 5.91 Å². The summed E-state index contributed by atoms with van der Waals surface area (Å²) in [6.07, 6.45) is 0.862. The molecule has 36 heavy (non-hydrogen) atoms. The molecule has 1 saturated heterocycles. The summed E-state index contributed by atoms with van der Waals surface area (Å²) in [5.74, 6) is -3.88. The Bertz CT molecular complexity index is 1150. The summed E-state index contributed by atoms with van der Waals surface area (Å²) < 4.78 is 32.8. The van der Waals surface area contributed by atoms with Gasteiger partial charge in [0.15, 0.2) is 11.6 Å². The molecule has 0 unspecified atom stereocenters. The number of carbonyl (C=O) groups excluding carboxylic acids is 1. The van der Waals surface area contributed by atoms with Crippen molar-refractivity contribution >= 4 is 23.6 Å². The predicted molar refractivity (Wildman–Crippen MR) is 129 cm³/mol. The van der Waals surface area contributed by atoms with E-state index in [1.807, 2.05) is 12.1 Å². The van der Waals surface area contributed by atoms with Crippen molar-refractivity contribution in [3.05, 3.63) is 69.7 Å². The fourth-order valence-corrected chi connectivity index (χ4v) is 4.97. The lowest BCUT2D eigenvalue weighted by molar-refractivity contribution is -0.154. The van der Waals surface area contributed by atoms with Crippen LogP contribution in [-0.2, 0) is 28.1 Å². The zero-order valence-electron chi connectivity index (χ0n) is 19.9. The number of carbonyl (C=O) groups is 2. The number of likely N-dealkylation sites (tertiary alicyclic amines) is 1. The van der Waals surface area contributed by atoms with Crippen LogP contribution in [0.25, 0.3) is 0 Å². The van der Waals surface area contributed by atoms with Gasteiger partial charge in [0.1, 0.15) is 5.60 Å². The molecule has 10 heteroatoms. The van der Waals surface area contributed by atoms with E-state index in [0.717, 1.165) is 41.0 Å². The van der Waals surface area contributed by atoms with E-state index in [1.165, 1.54) is 6.07 Å². The molecule has 1 saturated carbocycles. The van der Waals surface area contributed by atoms with Gasteiger partial charge in [0.25, 0.3) is 0 Å². The Morgan fingerprint density at radius 3 is 2.58 bits per heavy atom. The number of halogens is 3. The van der Waals surface area contributed by atoms with E-state index >= 15 is 0 Å². The first kappa shape index (κ1) is 26.3. The Hall–Kier alpha value is -2.75. The maximum atomic E-state index is 14.1. The van der Waals surface area contributed by atoms with Crippen molar-refractivity contribution in [1.29, 1.82) is 0 Å². The standard InChI is InChI=1S/C26H29ClF2N2O5/c1-36-11-8-16-2-6-21(27)17(12-16)14-31(19-4-5-19)24(32)20-15-30(25(33)34)10-9-26(20,35)18-3-7-22(28)23(29)13-18/h2-3,6-7,12-13,19-20,35H,4-5,8-11,14-15H2,1H3,(H,33,34)/t20-,26+/m1/s1. The lowest BCUT2D eigenvalue weighted by Gasteiger charge is -2.45. The monoisotopic (exact) mass is 522 g/mol. The largest absolute Gasteiger partial charge is 0.465 e. The normalized spacial score (nSPS) is 21.9. The van der Waals surface area contributed by atoms with Crippen molar-refractivity contribution in [2.75, 3.05) is 26.8 Å². The molecule has 1 aliphatic carbocycles. The van der Waals surface area contributed by atoms with E-state index in [4.69, 9.17) is 16.3 Å². The van der Waals surface area contributed by atoms with Gasteiger partial charge in [-0.1, -0.05) is 29.8 Å². The Kier molecular flexibility index (Phi) is 7.82. The summed E-state index contributed by atoms with van der Waals surface area (Å²) in [4.78, 5) is 28.4. The number of carboxylic acid groups (broad SMARTS) is 1. The van der Waals surface area contributed by atoms with Crippen LogP contribution < -0.4 is 0 Å². The van der Waals surface area contributed by atoms with E-state index < -0.39 is 35.2 Å². The molecule has 2 fully saturated rings. The minimum atomic E-state index is -1.87. The molecule has 7 nitrogen and oxygen atoms in total. The zero-order valence-corrected chi connectivity index (χ0v) is 20.7. The average Bonchev–Trinajstić information content (AvgIpc) is 3.69. The fraction of sp³-hybridized carbons (Fsp3) is 0.462. The molecule has 2 N–H and O–H groups in total. The number of aliphatic hydroxyl groups is 1. The number of benzene rings is 2. The van der Waals surface area contributed by atoms with Gasteiger partial charge in [-0.2, -0.15) is 0 Å². The van der Waals surface area contributed by atoms with Crippen LogP contribution in [-0.4, -0.2) is 64.9 Å². The van der Waals surface area contributed by atoms with Crippen molar-refractivity contribution in [2.45, 2.75) is 43.9 Å². The van der Waals surface area contributed by atoms with Crippen LogP contribution in [0.5, 0.6) is 0 Å². The summed E-state index contributed by atoms with van der Waals surface area (Å²) >= 11 is 6.46. The third kappa shape index (κ3) is 5.48. The number of hydrogen-bond donors (Lipinski definition) is 2. The molecular weight excluding hydrogens is 494 g/mol. The van der Waals surface area contributed by atoms with Gasteiger partial charge in [0.05, 0.1) is 12.5 Å². The van der Waals surface area contributed by atoms with Gasteiger partial charge in [-0.05, 0) is 60.6 Å². The van der Waals surface area contributed by atoms with Gasteiger partial charge >= 0.3 is 6.09 Å². The molecule has 2 aromatic carbocycles. The van der Waals surface area contributed by atoms with Crippen molar-refractivity contribution in [3.8, 4) is 0 Å². The first-order chi connectivity index (χ1) is 17.1. The Morgan fingerprint density at radius 2 is 1.94 bits per heavy atom. The number of hydrogen-bond acceptors (Lipinski definition) is 4. The third-order valence-corrected chi connectivity index (χ3v) is 7.42. The summed E-state index contributed by atoms with van der Waals surface area (Å²) in [6, 6.07) is 8.51. The maximum Gasteiger partial charge on any atom is 0.407 e. The van der Waals surface area contributed by atoms with Gasteiger partial charge in [-0.15, -0.1) is 0 Å². The van der Waals surface area contributed by atoms with Crippen LogP contribution in [0.1, 0.15) is 36.0 Å². The molecular formula is C26H29ClF2N2O5. The van der Waals surface area contributed by atoms with E-state index in [-0.39, 0.29) is 37.7 Å². The zero-order chi connectivity index (χ0) is 26.0.